The largest absolute Gasteiger partial charge is 0.438 e. The Kier molecular flexibility index (Phi) is 6.51. The van der Waals surface area contributed by atoms with E-state index >= 15 is 0 Å². The van der Waals surface area contributed by atoms with Gasteiger partial charge in [-0.1, -0.05) is 18.2 Å². The van der Waals surface area contributed by atoms with Gasteiger partial charge in [0.05, 0.1) is 17.1 Å². The van der Waals surface area contributed by atoms with E-state index in [1.807, 2.05) is 36.0 Å². The molecule has 1 aliphatic rings. The van der Waals surface area contributed by atoms with Gasteiger partial charge < -0.3 is 9.47 Å². The molecule has 0 aliphatic carbocycles. The highest BCUT2D eigenvalue weighted by molar-refractivity contribution is 6.24. The smallest absolute Gasteiger partial charge is 0.230 e. The average Bonchev–Trinajstić information content (AvgIpc) is 3.21. The molecule has 0 spiro atoms. The fourth-order valence-electron chi connectivity index (χ4n) is 4.29. The van der Waals surface area contributed by atoms with E-state index < -0.39 is 0 Å². The second-order valence-electron chi connectivity index (χ2n) is 8.31. The lowest BCUT2D eigenvalue weighted by Crippen LogP contribution is -2.18. The third-order valence-electron chi connectivity index (χ3n) is 5.75. The van der Waals surface area contributed by atoms with Crippen LogP contribution in [0.2, 0.25) is 0 Å². The maximum Gasteiger partial charge on any atom is 0.230 e. The first-order valence-electron chi connectivity index (χ1n) is 11.1. The van der Waals surface area contributed by atoms with Gasteiger partial charge in [0.1, 0.15) is 5.75 Å². The van der Waals surface area contributed by atoms with Crippen molar-refractivity contribution in [3.63, 3.8) is 0 Å². The molecule has 0 saturated carbocycles. The lowest BCUT2D eigenvalue weighted by atomic mass is 9.93. The quantitative estimate of drug-likeness (QED) is 0.412. The van der Waals surface area contributed by atoms with Crippen molar-refractivity contribution in [1.82, 2.24) is 14.8 Å². The van der Waals surface area contributed by atoms with Crippen LogP contribution in [0.3, 0.4) is 0 Å². The third kappa shape index (κ3) is 4.36. The van der Waals surface area contributed by atoms with Gasteiger partial charge in [-0.3, -0.25) is 4.99 Å². The average molecular weight is 431 g/mol. The molecule has 0 bridgehead atoms. The van der Waals surface area contributed by atoms with Crippen LogP contribution in [-0.2, 0) is 4.74 Å². The van der Waals surface area contributed by atoms with Crippen LogP contribution in [0.4, 0.5) is 0 Å². The monoisotopic (exact) mass is 430 g/mol. The Morgan fingerprint density at radius 3 is 2.78 bits per heavy atom. The number of aromatic nitrogens is 3. The van der Waals surface area contributed by atoms with E-state index in [1.54, 1.807) is 12.4 Å². The van der Waals surface area contributed by atoms with E-state index in [9.17, 15) is 0 Å². The zero-order chi connectivity index (χ0) is 22.7. The van der Waals surface area contributed by atoms with Gasteiger partial charge in [0.15, 0.2) is 6.23 Å². The molecule has 32 heavy (non-hydrogen) atoms. The number of aryl methyl sites for hydroxylation is 1. The fourth-order valence-corrected chi connectivity index (χ4v) is 4.29. The van der Waals surface area contributed by atoms with E-state index in [0.29, 0.717) is 5.88 Å². The van der Waals surface area contributed by atoms with Crippen LogP contribution in [0.25, 0.3) is 16.5 Å². The second-order valence-corrected chi connectivity index (χ2v) is 8.31. The topological polar surface area (TPSA) is 61.5 Å². The SMILES string of the molecule is C=C/N=C(/C)C(=C(C)C)c1ccc(Oc2nccc3c2cnn3C2CCCCO2)cc1C. The van der Waals surface area contributed by atoms with Gasteiger partial charge in [0.25, 0.3) is 0 Å². The fraction of sp³-hybridized carbons (Fsp3) is 0.346. The first-order valence-corrected chi connectivity index (χ1v) is 11.1. The Labute approximate surface area is 189 Å². The standard InChI is InChI=1S/C26H30N4O2/c1-6-27-19(5)25(17(2)3)21-11-10-20(15-18(21)4)32-26-22-16-29-30(23(22)12-13-28-26)24-9-7-8-14-31-24/h6,10-13,15-16,24H,1,7-9,14H2,2-5H3/b27-19-. The number of pyridine rings is 1. The van der Waals surface area contributed by atoms with Crippen molar-refractivity contribution in [2.75, 3.05) is 6.61 Å². The molecule has 0 radical (unpaired) electrons. The van der Waals surface area contributed by atoms with E-state index in [2.05, 4.69) is 48.5 Å². The van der Waals surface area contributed by atoms with E-state index in [-0.39, 0.29) is 6.23 Å². The summed E-state index contributed by atoms with van der Waals surface area (Å²) in [5.74, 6) is 1.28. The van der Waals surface area contributed by atoms with Gasteiger partial charge in [0.2, 0.25) is 5.88 Å². The molecule has 3 aromatic rings. The van der Waals surface area contributed by atoms with Crippen LogP contribution in [-0.4, -0.2) is 27.1 Å². The van der Waals surface area contributed by atoms with Gasteiger partial charge >= 0.3 is 0 Å². The number of aliphatic imine (C=N–C) groups is 1. The molecule has 1 aromatic carbocycles. The van der Waals surface area contributed by atoms with Gasteiger partial charge in [-0.15, -0.1) is 0 Å². The molecule has 1 saturated heterocycles. The molecule has 4 rings (SSSR count). The summed E-state index contributed by atoms with van der Waals surface area (Å²) in [4.78, 5) is 8.86. The predicted octanol–water partition coefficient (Wildman–Crippen LogP) is 6.63. The van der Waals surface area contributed by atoms with E-state index in [0.717, 1.165) is 64.9 Å². The Balaban J connectivity index is 1.64. The first-order chi connectivity index (χ1) is 15.5. The van der Waals surface area contributed by atoms with Crippen molar-refractivity contribution >= 4 is 22.2 Å². The minimum atomic E-state index is -0.0269. The number of benzene rings is 1. The van der Waals surface area contributed by atoms with Gasteiger partial charge in [0, 0.05) is 30.3 Å². The highest BCUT2D eigenvalue weighted by Crippen LogP contribution is 2.33. The summed E-state index contributed by atoms with van der Waals surface area (Å²) in [6, 6.07) is 8.05. The second kappa shape index (κ2) is 9.49. The molecule has 1 aliphatic heterocycles. The number of nitrogens with zero attached hydrogens (tertiary/aromatic N) is 4. The summed E-state index contributed by atoms with van der Waals surface area (Å²) < 4.78 is 14.1. The summed E-state index contributed by atoms with van der Waals surface area (Å²) in [6.45, 7) is 12.8. The number of hydrogen-bond acceptors (Lipinski definition) is 5. The number of hydrogen-bond donors (Lipinski definition) is 0. The molecule has 1 atom stereocenters. The van der Waals surface area contributed by atoms with Gasteiger partial charge in [-0.05, 0) is 76.3 Å². The van der Waals surface area contributed by atoms with Crippen LogP contribution in [0.5, 0.6) is 11.6 Å². The van der Waals surface area contributed by atoms with Crippen molar-refractivity contribution in [2.24, 2.45) is 4.99 Å². The van der Waals surface area contributed by atoms with E-state index in [4.69, 9.17) is 9.47 Å². The van der Waals surface area contributed by atoms with Crippen molar-refractivity contribution in [2.45, 2.75) is 53.2 Å². The first kappa shape index (κ1) is 22.0. The molecule has 2 aromatic heterocycles. The normalized spacial score (nSPS) is 16.8. The van der Waals surface area contributed by atoms with Crippen molar-refractivity contribution in [1.29, 1.82) is 0 Å². The Hall–Kier alpha value is -3.25. The molecule has 6 heteroatoms. The lowest BCUT2D eigenvalue weighted by Gasteiger charge is -2.23. The maximum absolute atomic E-state index is 6.21. The molecule has 1 unspecified atom stereocenters. The van der Waals surface area contributed by atoms with Gasteiger partial charge in [-0.25, -0.2) is 9.67 Å². The zero-order valence-corrected chi connectivity index (χ0v) is 19.3. The summed E-state index contributed by atoms with van der Waals surface area (Å²) >= 11 is 0. The third-order valence-corrected chi connectivity index (χ3v) is 5.75. The van der Waals surface area contributed by atoms with Gasteiger partial charge in [-0.2, -0.15) is 5.10 Å². The number of ether oxygens (including phenoxy) is 2. The van der Waals surface area contributed by atoms with E-state index in [1.165, 1.54) is 5.57 Å². The van der Waals surface area contributed by atoms with Crippen LogP contribution < -0.4 is 4.74 Å². The van der Waals surface area contributed by atoms with Crippen LogP contribution >= 0.6 is 0 Å². The highest BCUT2D eigenvalue weighted by atomic mass is 16.5. The van der Waals surface area contributed by atoms with Crippen LogP contribution in [0, 0.1) is 6.92 Å². The Bertz CT molecular complexity index is 1200. The summed E-state index contributed by atoms with van der Waals surface area (Å²) in [5.41, 5.74) is 6.49. The molecule has 0 amide bonds. The zero-order valence-electron chi connectivity index (χ0n) is 19.3. The number of fused-ring (bicyclic) bond motifs is 1. The molecular formula is C26H30N4O2. The molecule has 3 heterocycles. The van der Waals surface area contributed by atoms with Crippen molar-refractivity contribution < 1.29 is 9.47 Å². The van der Waals surface area contributed by atoms with Crippen molar-refractivity contribution in [3.05, 3.63) is 66.1 Å². The molecule has 1 fully saturated rings. The Morgan fingerprint density at radius 1 is 1.25 bits per heavy atom. The summed E-state index contributed by atoms with van der Waals surface area (Å²) in [7, 11) is 0. The predicted molar refractivity (Wildman–Crippen MR) is 129 cm³/mol. The van der Waals surface area contributed by atoms with Crippen LogP contribution in [0.15, 0.2) is 60.0 Å². The number of allylic oxidation sites excluding steroid dienone is 2. The summed E-state index contributed by atoms with van der Waals surface area (Å²) in [5, 5.41) is 5.45. The minimum Gasteiger partial charge on any atom is -0.438 e. The lowest BCUT2D eigenvalue weighted by molar-refractivity contribution is -0.0366. The molecule has 166 valence electrons. The minimum absolute atomic E-state index is 0.0269. The number of rotatable bonds is 6. The molecule has 0 N–H and O–H groups in total. The molecule has 6 nitrogen and oxygen atoms in total. The Morgan fingerprint density at radius 2 is 2.09 bits per heavy atom. The summed E-state index contributed by atoms with van der Waals surface area (Å²) in [6.07, 6.45) is 8.35. The molecular weight excluding hydrogens is 400 g/mol. The maximum atomic E-state index is 6.21. The van der Waals surface area contributed by atoms with Crippen molar-refractivity contribution in [3.8, 4) is 11.6 Å². The van der Waals surface area contributed by atoms with Crippen LogP contribution in [0.1, 0.15) is 57.4 Å². The highest BCUT2D eigenvalue weighted by Gasteiger charge is 2.20.